The first-order chi connectivity index (χ1) is 14.6. The molecule has 1 aromatic carbocycles. The third-order valence-electron chi connectivity index (χ3n) is 4.70. The van der Waals surface area contributed by atoms with Crippen molar-refractivity contribution >= 4 is 23.6 Å². The maximum atomic E-state index is 13.8. The lowest BCUT2D eigenvalue weighted by atomic mass is 10.2. The van der Waals surface area contributed by atoms with Gasteiger partial charge in [-0.15, -0.1) is 0 Å². The van der Waals surface area contributed by atoms with E-state index in [-0.39, 0.29) is 44.4 Å². The van der Waals surface area contributed by atoms with Crippen molar-refractivity contribution in [3.05, 3.63) is 46.7 Å². The molecule has 1 aliphatic rings. The predicted molar refractivity (Wildman–Crippen MR) is 107 cm³/mol. The molecule has 0 unspecified atom stereocenters. The van der Waals surface area contributed by atoms with Crippen LogP contribution >= 0.6 is 11.6 Å². The highest BCUT2D eigenvalue weighted by molar-refractivity contribution is 6.30. The van der Waals surface area contributed by atoms with Crippen molar-refractivity contribution in [2.45, 2.75) is 20.0 Å². The van der Waals surface area contributed by atoms with Crippen LogP contribution in [-0.4, -0.2) is 64.4 Å². The number of aromatic nitrogens is 2. The lowest BCUT2D eigenvalue weighted by Gasteiger charge is -2.34. The number of carbonyl (C=O) groups excluding carboxylic acids is 2. The van der Waals surface area contributed by atoms with Crippen LogP contribution in [0.5, 0.6) is 0 Å². The largest absolute Gasteiger partial charge is 0.449 e. The molecule has 2 amide bonds. The zero-order valence-corrected chi connectivity index (χ0v) is 17.8. The van der Waals surface area contributed by atoms with Gasteiger partial charge >= 0.3 is 12.3 Å². The Morgan fingerprint density at radius 3 is 2.23 bits per heavy atom. The van der Waals surface area contributed by atoms with E-state index in [1.807, 2.05) is 13.8 Å². The molecule has 2 aromatic rings. The number of piperazine rings is 1. The summed E-state index contributed by atoms with van der Waals surface area (Å²) in [6.45, 7) is 4.64. The molecule has 7 nitrogen and oxygen atoms in total. The minimum Gasteiger partial charge on any atom is -0.449 e. The molecule has 1 fully saturated rings. The molecule has 31 heavy (non-hydrogen) atoms. The number of halogens is 4. The summed E-state index contributed by atoms with van der Waals surface area (Å²) >= 11 is 5.81. The standard InChI is InChI=1S/C20H22ClF3N4O3/c1-13(2)12-31-19(30)27-9-7-26(8-10-27)18(29)16-11-25-28(17(16)20(22,23)24)15-5-3-14(21)4-6-15/h3-6,11,13H,7-10,12H2,1-2H3. The van der Waals surface area contributed by atoms with Gasteiger partial charge in [0.15, 0.2) is 5.69 Å². The Kier molecular flexibility index (Phi) is 6.78. The van der Waals surface area contributed by atoms with E-state index in [0.717, 1.165) is 6.20 Å². The van der Waals surface area contributed by atoms with Crippen LogP contribution in [-0.2, 0) is 10.9 Å². The highest BCUT2D eigenvalue weighted by atomic mass is 35.5. The fraction of sp³-hybridized carbons (Fsp3) is 0.450. The van der Waals surface area contributed by atoms with Gasteiger partial charge in [0.1, 0.15) is 0 Å². The number of carbonyl (C=O) groups is 2. The van der Waals surface area contributed by atoms with Crippen LogP contribution in [0.25, 0.3) is 5.69 Å². The molecule has 0 aliphatic carbocycles. The Labute approximate surface area is 182 Å². The molecule has 0 bridgehead atoms. The Morgan fingerprint density at radius 2 is 1.68 bits per heavy atom. The molecule has 1 aromatic heterocycles. The highest BCUT2D eigenvalue weighted by Gasteiger charge is 2.42. The zero-order valence-electron chi connectivity index (χ0n) is 17.0. The third-order valence-corrected chi connectivity index (χ3v) is 4.96. The second kappa shape index (κ2) is 9.17. The van der Waals surface area contributed by atoms with Crippen molar-refractivity contribution in [3.8, 4) is 5.69 Å². The highest BCUT2D eigenvalue weighted by Crippen LogP contribution is 2.34. The SMILES string of the molecule is CC(C)COC(=O)N1CCN(C(=O)c2cnn(-c3ccc(Cl)cc3)c2C(F)(F)F)CC1. The maximum absolute atomic E-state index is 13.8. The predicted octanol–water partition coefficient (Wildman–Crippen LogP) is 4.09. The van der Waals surface area contributed by atoms with Gasteiger partial charge in [0.25, 0.3) is 5.91 Å². The second-order valence-electron chi connectivity index (χ2n) is 7.54. The zero-order chi connectivity index (χ0) is 22.8. The molecular weight excluding hydrogens is 437 g/mol. The molecule has 3 rings (SSSR count). The molecule has 168 valence electrons. The van der Waals surface area contributed by atoms with Crippen LogP contribution in [0.3, 0.4) is 0 Å². The van der Waals surface area contributed by atoms with Gasteiger partial charge in [-0.1, -0.05) is 25.4 Å². The Bertz CT molecular complexity index is 936. The van der Waals surface area contributed by atoms with E-state index >= 15 is 0 Å². The van der Waals surface area contributed by atoms with Gasteiger partial charge in [-0.3, -0.25) is 4.79 Å². The van der Waals surface area contributed by atoms with E-state index in [0.29, 0.717) is 9.70 Å². The molecular formula is C20H22ClF3N4O3. The van der Waals surface area contributed by atoms with E-state index in [1.165, 1.54) is 34.1 Å². The average Bonchev–Trinajstić information content (AvgIpc) is 3.18. The number of alkyl halides is 3. The fourth-order valence-electron chi connectivity index (χ4n) is 3.15. The topological polar surface area (TPSA) is 67.7 Å². The van der Waals surface area contributed by atoms with Gasteiger partial charge in [0.2, 0.25) is 0 Å². The van der Waals surface area contributed by atoms with Crippen LogP contribution in [0.1, 0.15) is 29.9 Å². The molecule has 0 saturated carbocycles. The first-order valence-corrected chi connectivity index (χ1v) is 10.1. The summed E-state index contributed by atoms with van der Waals surface area (Å²) in [7, 11) is 0. The molecule has 0 N–H and O–H groups in total. The lowest BCUT2D eigenvalue weighted by molar-refractivity contribution is -0.143. The number of benzene rings is 1. The van der Waals surface area contributed by atoms with Crippen molar-refractivity contribution in [1.82, 2.24) is 19.6 Å². The van der Waals surface area contributed by atoms with Crippen LogP contribution in [0.15, 0.2) is 30.5 Å². The van der Waals surface area contributed by atoms with E-state index in [4.69, 9.17) is 16.3 Å². The van der Waals surface area contributed by atoms with Gasteiger partial charge in [0.05, 0.1) is 24.1 Å². The fourth-order valence-corrected chi connectivity index (χ4v) is 3.27. The van der Waals surface area contributed by atoms with E-state index < -0.39 is 29.4 Å². The summed E-state index contributed by atoms with van der Waals surface area (Å²) in [4.78, 5) is 27.6. The first kappa shape index (κ1) is 22.9. The Morgan fingerprint density at radius 1 is 1.10 bits per heavy atom. The van der Waals surface area contributed by atoms with Crippen LogP contribution < -0.4 is 0 Å². The summed E-state index contributed by atoms with van der Waals surface area (Å²) in [6, 6.07) is 5.66. The summed E-state index contributed by atoms with van der Waals surface area (Å²) in [5, 5.41) is 4.17. The van der Waals surface area contributed by atoms with Crippen LogP contribution in [0, 0.1) is 5.92 Å². The molecule has 0 atom stereocenters. The molecule has 0 radical (unpaired) electrons. The summed E-state index contributed by atoms with van der Waals surface area (Å²) in [6.07, 6.45) is -4.38. The van der Waals surface area contributed by atoms with Gasteiger partial charge in [-0.2, -0.15) is 18.3 Å². The van der Waals surface area contributed by atoms with Crippen molar-refractivity contribution < 1.29 is 27.5 Å². The quantitative estimate of drug-likeness (QED) is 0.692. The number of ether oxygens (including phenoxy) is 1. The van der Waals surface area contributed by atoms with Crippen molar-refractivity contribution in [2.24, 2.45) is 5.92 Å². The number of hydrogen-bond donors (Lipinski definition) is 0. The lowest BCUT2D eigenvalue weighted by Crippen LogP contribution is -2.51. The van der Waals surface area contributed by atoms with Gasteiger partial charge in [0, 0.05) is 31.2 Å². The van der Waals surface area contributed by atoms with Crippen LogP contribution in [0.2, 0.25) is 5.02 Å². The molecule has 11 heteroatoms. The van der Waals surface area contributed by atoms with Crippen molar-refractivity contribution in [2.75, 3.05) is 32.8 Å². The Hall–Kier alpha value is -2.75. The maximum Gasteiger partial charge on any atom is 0.434 e. The second-order valence-corrected chi connectivity index (χ2v) is 7.98. The van der Waals surface area contributed by atoms with Crippen molar-refractivity contribution in [3.63, 3.8) is 0 Å². The molecule has 1 saturated heterocycles. The average molecular weight is 459 g/mol. The van der Waals surface area contributed by atoms with Crippen LogP contribution in [0.4, 0.5) is 18.0 Å². The van der Waals surface area contributed by atoms with Crippen molar-refractivity contribution in [1.29, 1.82) is 0 Å². The smallest absolute Gasteiger partial charge is 0.434 e. The molecule has 0 spiro atoms. The number of rotatable bonds is 4. The number of amides is 2. The van der Waals surface area contributed by atoms with Gasteiger partial charge < -0.3 is 14.5 Å². The number of nitrogens with zero attached hydrogens (tertiary/aromatic N) is 4. The Balaban J connectivity index is 1.77. The van der Waals surface area contributed by atoms with E-state index in [9.17, 15) is 22.8 Å². The minimum absolute atomic E-state index is 0.0963. The van der Waals surface area contributed by atoms with Gasteiger partial charge in [-0.05, 0) is 30.2 Å². The van der Waals surface area contributed by atoms with Gasteiger partial charge in [-0.25, -0.2) is 9.48 Å². The minimum atomic E-state index is -4.80. The molecule has 1 aliphatic heterocycles. The van der Waals surface area contributed by atoms with E-state index in [2.05, 4.69) is 5.10 Å². The first-order valence-electron chi connectivity index (χ1n) is 9.70. The normalized spacial score (nSPS) is 14.8. The number of hydrogen-bond acceptors (Lipinski definition) is 4. The monoisotopic (exact) mass is 458 g/mol. The molecule has 2 heterocycles. The van der Waals surface area contributed by atoms with E-state index in [1.54, 1.807) is 0 Å². The summed E-state index contributed by atoms with van der Waals surface area (Å²) in [5.74, 6) is -0.604. The summed E-state index contributed by atoms with van der Waals surface area (Å²) in [5.41, 5.74) is -1.56. The summed E-state index contributed by atoms with van der Waals surface area (Å²) < 4.78 is 47.3. The third kappa shape index (κ3) is 5.30.